The van der Waals surface area contributed by atoms with Crippen molar-refractivity contribution in [1.29, 1.82) is 0 Å². The van der Waals surface area contributed by atoms with E-state index in [1.807, 2.05) is 23.1 Å². The van der Waals surface area contributed by atoms with Gasteiger partial charge in [0.2, 0.25) is 5.91 Å². The minimum absolute atomic E-state index is 0.0442. The molecule has 0 bridgehead atoms. The Labute approximate surface area is 109 Å². The van der Waals surface area contributed by atoms with Crippen molar-refractivity contribution >= 4 is 27.5 Å². The second kappa shape index (κ2) is 5.06. The van der Waals surface area contributed by atoms with E-state index in [0.717, 1.165) is 22.3 Å². The lowest BCUT2D eigenvalue weighted by atomic mass is 10.1. The number of aliphatic hydroxyl groups excluding tert-OH is 1. The van der Waals surface area contributed by atoms with Gasteiger partial charge < -0.3 is 15.3 Å². The van der Waals surface area contributed by atoms with E-state index in [1.165, 1.54) is 0 Å². The van der Waals surface area contributed by atoms with Crippen LogP contribution in [0.15, 0.2) is 22.7 Å². The number of anilines is 1. The first-order valence-electron chi connectivity index (χ1n) is 5.57. The van der Waals surface area contributed by atoms with Crippen LogP contribution in [0, 0.1) is 0 Å². The Balaban J connectivity index is 2.23. The fraction of sp³-hybridized carbons (Fsp3) is 0.417. The first-order chi connectivity index (χ1) is 8.08. The number of carbonyl (C=O) groups is 1. The fourth-order valence-electron chi connectivity index (χ4n) is 1.88. The minimum atomic E-state index is -0.481. The van der Waals surface area contributed by atoms with E-state index >= 15 is 0 Å². The average Bonchev–Trinajstić information content (AvgIpc) is 2.28. The zero-order valence-corrected chi connectivity index (χ0v) is 11.2. The van der Waals surface area contributed by atoms with Gasteiger partial charge in [-0.2, -0.15) is 0 Å². The average molecular weight is 299 g/mol. The summed E-state index contributed by atoms with van der Waals surface area (Å²) in [4.78, 5) is 13.3. The molecule has 1 atom stereocenters. The molecule has 1 saturated heterocycles. The van der Waals surface area contributed by atoms with Crippen molar-refractivity contribution in [1.82, 2.24) is 5.32 Å². The summed E-state index contributed by atoms with van der Waals surface area (Å²) in [5.74, 6) is 0.0442. The van der Waals surface area contributed by atoms with Crippen molar-refractivity contribution in [3.63, 3.8) is 0 Å². The van der Waals surface area contributed by atoms with Gasteiger partial charge in [-0.3, -0.25) is 4.79 Å². The predicted molar refractivity (Wildman–Crippen MR) is 70.0 cm³/mol. The minimum Gasteiger partial charge on any atom is -0.389 e. The van der Waals surface area contributed by atoms with Gasteiger partial charge in [0.25, 0.3) is 0 Å². The molecule has 1 heterocycles. The van der Waals surface area contributed by atoms with E-state index in [2.05, 4.69) is 21.2 Å². The van der Waals surface area contributed by atoms with Crippen LogP contribution in [0.2, 0.25) is 0 Å². The van der Waals surface area contributed by atoms with E-state index < -0.39 is 6.10 Å². The molecule has 0 spiro atoms. The molecule has 17 heavy (non-hydrogen) atoms. The number of rotatable bonds is 2. The van der Waals surface area contributed by atoms with Crippen molar-refractivity contribution in [2.24, 2.45) is 0 Å². The lowest BCUT2D eigenvalue weighted by Crippen LogP contribution is -2.47. The van der Waals surface area contributed by atoms with Gasteiger partial charge in [0, 0.05) is 17.6 Å². The smallest absolute Gasteiger partial charge is 0.239 e. The first-order valence-corrected chi connectivity index (χ1v) is 6.36. The van der Waals surface area contributed by atoms with Gasteiger partial charge in [-0.05, 0) is 40.5 Å². The zero-order valence-electron chi connectivity index (χ0n) is 9.61. The Bertz CT molecular complexity index is 435. The first kappa shape index (κ1) is 12.4. The van der Waals surface area contributed by atoms with Gasteiger partial charge in [-0.1, -0.05) is 6.07 Å². The van der Waals surface area contributed by atoms with Crippen LogP contribution in [-0.2, 0) is 4.79 Å². The fourth-order valence-corrected chi connectivity index (χ4v) is 2.53. The molecule has 0 radical (unpaired) electrons. The van der Waals surface area contributed by atoms with Gasteiger partial charge in [-0.25, -0.2) is 0 Å². The molecule has 92 valence electrons. The highest BCUT2D eigenvalue weighted by molar-refractivity contribution is 9.10. The van der Waals surface area contributed by atoms with E-state index in [4.69, 9.17) is 0 Å². The normalized spacial score (nSPS) is 17.8. The Morgan fingerprint density at radius 1 is 1.53 bits per heavy atom. The maximum absolute atomic E-state index is 11.3. The van der Waals surface area contributed by atoms with Crippen LogP contribution >= 0.6 is 15.9 Å². The van der Waals surface area contributed by atoms with E-state index in [-0.39, 0.29) is 5.91 Å². The number of hydrogen-bond donors (Lipinski definition) is 2. The predicted octanol–water partition coefficient (Wildman–Crippen LogP) is 1.44. The summed E-state index contributed by atoms with van der Waals surface area (Å²) in [6, 6.07) is 5.72. The van der Waals surface area contributed by atoms with Crippen LogP contribution in [0.3, 0.4) is 0 Å². The largest absolute Gasteiger partial charge is 0.389 e. The zero-order chi connectivity index (χ0) is 12.4. The molecule has 0 aliphatic carbocycles. The Kier molecular flexibility index (Phi) is 3.69. The number of benzene rings is 1. The molecule has 1 aliphatic rings. The monoisotopic (exact) mass is 298 g/mol. The molecule has 1 aromatic carbocycles. The number of carbonyl (C=O) groups excluding carboxylic acids is 1. The highest BCUT2D eigenvalue weighted by Gasteiger charge is 2.18. The van der Waals surface area contributed by atoms with Crippen LogP contribution in [0.4, 0.5) is 5.69 Å². The third kappa shape index (κ3) is 2.79. The molecule has 1 aromatic rings. The summed E-state index contributed by atoms with van der Waals surface area (Å²) in [6.45, 7) is 3.59. The third-order valence-electron chi connectivity index (χ3n) is 2.83. The molecule has 0 unspecified atom stereocenters. The molecule has 2 N–H and O–H groups in total. The third-order valence-corrected chi connectivity index (χ3v) is 3.47. The summed E-state index contributed by atoms with van der Waals surface area (Å²) in [7, 11) is 0. The molecular weight excluding hydrogens is 284 g/mol. The standard InChI is InChI=1S/C12H15BrN2O2/c1-8(16)9-2-3-11(10(13)6-9)15-5-4-14-12(17)7-15/h2-3,6,8,16H,4-5,7H2,1H3,(H,14,17)/t8-/m1/s1. The molecule has 4 nitrogen and oxygen atoms in total. The van der Waals surface area contributed by atoms with Crippen LogP contribution in [0.25, 0.3) is 0 Å². The summed E-state index contributed by atoms with van der Waals surface area (Å²) in [6.07, 6.45) is -0.481. The number of nitrogens with one attached hydrogen (secondary N) is 1. The van der Waals surface area contributed by atoms with Crippen molar-refractivity contribution in [2.75, 3.05) is 24.5 Å². The molecule has 0 aromatic heterocycles. The molecular formula is C12H15BrN2O2. The maximum Gasteiger partial charge on any atom is 0.239 e. The molecule has 1 fully saturated rings. The Morgan fingerprint density at radius 2 is 2.29 bits per heavy atom. The van der Waals surface area contributed by atoms with E-state index in [1.54, 1.807) is 6.92 Å². The van der Waals surface area contributed by atoms with Gasteiger partial charge in [0.1, 0.15) is 0 Å². The van der Waals surface area contributed by atoms with Gasteiger partial charge in [0.05, 0.1) is 18.3 Å². The van der Waals surface area contributed by atoms with Gasteiger partial charge in [-0.15, -0.1) is 0 Å². The highest BCUT2D eigenvalue weighted by atomic mass is 79.9. The second-order valence-electron chi connectivity index (χ2n) is 4.16. The quantitative estimate of drug-likeness (QED) is 0.869. The number of piperazine rings is 1. The van der Waals surface area contributed by atoms with E-state index in [9.17, 15) is 9.90 Å². The molecule has 0 saturated carbocycles. The van der Waals surface area contributed by atoms with Crippen LogP contribution in [0.5, 0.6) is 0 Å². The number of amides is 1. The number of hydrogen-bond acceptors (Lipinski definition) is 3. The summed E-state index contributed by atoms with van der Waals surface area (Å²) in [5.41, 5.74) is 1.85. The van der Waals surface area contributed by atoms with E-state index in [0.29, 0.717) is 13.1 Å². The van der Waals surface area contributed by atoms with Crippen molar-refractivity contribution in [2.45, 2.75) is 13.0 Å². The van der Waals surface area contributed by atoms with Crippen LogP contribution in [0.1, 0.15) is 18.6 Å². The second-order valence-corrected chi connectivity index (χ2v) is 5.01. The molecule has 2 rings (SSSR count). The van der Waals surface area contributed by atoms with Crippen molar-refractivity contribution in [3.8, 4) is 0 Å². The van der Waals surface area contributed by atoms with Gasteiger partial charge >= 0.3 is 0 Å². The summed E-state index contributed by atoms with van der Waals surface area (Å²) in [5, 5.41) is 12.3. The SMILES string of the molecule is C[C@@H](O)c1ccc(N2CCNC(=O)C2)c(Br)c1. The number of aliphatic hydroxyl groups is 1. The van der Waals surface area contributed by atoms with Crippen molar-refractivity contribution in [3.05, 3.63) is 28.2 Å². The maximum atomic E-state index is 11.3. The van der Waals surface area contributed by atoms with Crippen LogP contribution in [-0.4, -0.2) is 30.6 Å². The summed E-state index contributed by atoms with van der Waals surface area (Å²) >= 11 is 3.49. The van der Waals surface area contributed by atoms with Crippen molar-refractivity contribution < 1.29 is 9.90 Å². The topological polar surface area (TPSA) is 52.6 Å². The van der Waals surface area contributed by atoms with Gasteiger partial charge in [0.15, 0.2) is 0 Å². The van der Waals surface area contributed by atoms with Crippen LogP contribution < -0.4 is 10.2 Å². The summed E-state index contributed by atoms with van der Waals surface area (Å²) < 4.78 is 0.908. The molecule has 1 aliphatic heterocycles. The Hall–Kier alpha value is -1.07. The number of halogens is 1. The Morgan fingerprint density at radius 3 is 2.88 bits per heavy atom. The lowest BCUT2D eigenvalue weighted by molar-refractivity contribution is -0.120. The highest BCUT2D eigenvalue weighted by Crippen LogP contribution is 2.29. The lowest BCUT2D eigenvalue weighted by Gasteiger charge is -2.29. The molecule has 1 amide bonds. The number of nitrogens with zero attached hydrogens (tertiary/aromatic N) is 1. The molecule has 5 heteroatoms.